The van der Waals surface area contributed by atoms with E-state index in [4.69, 9.17) is 5.11 Å². The molecule has 0 saturated heterocycles. The molecule has 1 aromatic carbocycles. The summed E-state index contributed by atoms with van der Waals surface area (Å²) in [5.41, 5.74) is 0.747. The van der Waals surface area contributed by atoms with E-state index in [2.05, 4.69) is 15.0 Å². The Balaban J connectivity index is 2.09. The fourth-order valence-electron chi connectivity index (χ4n) is 1.62. The van der Waals surface area contributed by atoms with Crippen LogP contribution in [-0.4, -0.2) is 22.4 Å². The van der Waals surface area contributed by atoms with Gasteiger partial charge in [-0.25, -0.2) is 0 Å². The predicted molar refractivity (Wildman–Crippen MR) is 71.2 cm³/mol. The average molecular weight is 312 g/mol. The van der Waals surface area contributed by atoms with Gasteiger partial charge in [0, 0.05) is 18.0 Å². The molecule has 1 amide bonds. The van der Waals surface area contributed by atoms with Gasteiger partial charge in [-0.3, -0.25) is 9.78 Å². The molecule has 0 aliphatic carbocycles. The second-order valence-electron chi connectivity index (χ2n) is 4.24. The molecule has 0 aliphatic heterocycles. The fourth-order valence-corrected chi connectivity index (χ4v) is 1.62. The number of amides is 1. The van der Waals surface area contributed by atoms with Crippen molar-refractivity contribution in [3.8, 4) is 5.75 Å². The average Bonchev–Trinajstić information content (AvgIpc) is 2.46. The third kappa shape index (κ3) is 4.45. The first-order valence-electron chi connectivity index (χ1n) is 6.10. The Hall–Kier alpha value is -2.61. The number of halogens is 3. The Labute approximate surface area is 123 Å². The van der Waals surface area contributed by atoms with Crippen molar-refractivity contribution in [2.24, 2.45) is 0 Å². The standard InChI is InChI=1S/C14H11F3N2O3/c15-14(16,17)22-11-3-1-2-10(6-11)19-13(21)12-5-4-9(8-20)7-18-12/h1-7,20H,8H2,(H,19,21). The van der Waals surface area contributed by atoms with E-state index in [1.54, 1.807) is 0 Å². The van der Waals surface area contributed by atoms with E-state index in [0.717, 1.165) is 12.1 Å². The van der Waals surface area contributed by atoms with Crippen molar-refractivity contribution in [2.75, 3.05) is 5.32 Å². The minimum Gasteiger partial charge on any atom is -0.406 e. The maximum absolute atomic E-state index is 12.1. The van der Waals surface area contributed by atoms with E-state index >= 15 is 0 Å². The molecule has 8 heteroatoms. The molecule has 1 aromatic heterocycles. The molecule has 2 rings (SSSR count). The van der Waals surface area contributed by atoms with Crippen LogP contribution in [-0.2, 0) is 6.61 Å². The van der Waals surface area contributed by atoms with E-state index in [1.165, 1.54) is 30.5 Å². The number of benzene rings is 1. The maximum atomic E-state index is 12.1. The lowest BCUT2D eigenvalue weighted by atomic mass is 10.2. The Bertz CT molecular complexity index is 657. The third-order valence-corrected chi connectivity index (χ3v) is 2.57. The highest BCUT2D eigenvalue weighted by molar-refractivity contribution is 6.02. The molecule has 0 aliphatic rings. The number of hydrogen-bond donors (Lipinski definition) is 2. The predicted octanol–water partition coefficient (Wildman–Crippen LogP) is 2.72. The quantitative estimate of drug-likeness (QED) is 0.910. The number of pyridine rings is 1. The molecule has 0 unspecified atom stereocenters. The Morgan fingerprint density at radius 3 is 2.64 bits per heavy atom. The first kappa shape index (κ1) is 15.8. The second kappa shape index (κ2) is 6.44. The number of aliphatic hydroxyl groups is 1. The molecular formula is C14H11F3N2O3. The molecule has 0 fully saturated rings. The van der Waals surface area contributed by atoms with Crippen molar-refractivity contribution in [2.45, 2.75) is 13.0 Å². The fraction of sp³-hybridized carbons (Fsp3) is 0.143. The molecular weight excluding hydrogens is 301 g/mol. The summed E-state index contributed by atoms with van der Waals surface area (Å²) >= 11 is 0. The first-order chi connectivity index (χ1) is 10.4. The van der Waals surface area contributed by atoms with E-state index in [1.807, 2.05) is 0 Å². The number of aliphatic hydroxyl groups excluding tert-OH is 1. The van der Waals surface area contributed by atoms with Crippen molar-refractivity contribution in [3.05, 3.63) is 53.9 Å². The van der Waals surface area contributed by atoms with Crippen LogP contribution in [0, 0.1) is 0 Å². The van der Waals surface area contributed by atoms with Crippen LogP contribution in [0.15, 0.2) is 42.6 Å². The van der Waals surface area contributed by atoms with Crippen molar-refractivity contribution in [3.63, 3.8) is 0 Å². The van der Waals surface area contributed by atoms with Gasteiger partial charge >= 0.3 is 6.36 Å². The number of aromatic nitrogens is 1. The SMILES string of the molecule is O=C(Nc1cccc(OC(F)(F)F)c1)c1ccc(CO)cn1. The number of hydrogen-bond acceptors (Lipinski definition) is 4. The zero-order chi connectivity index (χ0) is 16.2. The van der Waals surface area contributed by atoms with Crippen LogP contribution in [0.3, 0.4) is 0 Å². The molecule has 0 spiro atoms. The number of anilines is 1. The van der Waals surface area contributed by atoms with Crippen LogP contribution >= 0.6 is 0 Å². The lowest BCUT2D eigenvalue weighted by Gasteiger charge is -2.10. The smallest absolute Gasteiger partial charge is 0.406 e. The summed E-state index contributed by atoms with van der Waals surface area (Å²) in [4.78, 5) is 15.8. The molecule has 2 N–H and O–H groups in total. The number of nitrogens with zero attached hydrogens (tertiary/aromatic N) is 1. The zero-order valence-corrected chi connectivity index (χ0v) is 11.1. The Morgan fingerprint density at radius 2 is 2.05 bits per heavy atom. The molecule has 22 heavy (non-hydrogen) atoms. The number of rotatable bonds is 4. The second-order valence-corrected chi connectivity index (χ2v) is 4.24. The van der Waals surface area contributed by atoms with Gasteiger partial charge in [-0.2, -0.15) is 0 Å². The highest BCUT2D eigenvalue weighted by Gasteiger charge is 2.31. The van der Waals surface area contributed by atoms with Gasteiger partial charge in [0.25, 0.3) is 5.91 Å². The molecule has 0 atom stereocenters. The molecule has 1 heterocycles. The summed E-state index contributed by atoms with van der Waals surface area (Å²) in [6, 6.07) is 7.83. The lowest BCUT2D eigenvalue weighted by molar-refractivity contribution is -0.274. The summed E-state index contributed by atoms with van der Waals surface area (Å²) in [5.74, 6) is -1.03. The minimum absolute atomic E-state index is 0.0688. The van der Waals surface area contributed by atoms with Gasteiger partial charge in [0.2, 0.25) is 0 Å². The van der Waals surface area contributed by atoms with E-state index in [-0.39, 0.29) is 18.0 Å². The van der Waals surface area contributed by atoms with Crippen LogP contribution < -0.4 is 10.1 Å². The van der Waals surface area contributed by atoms with Gasteiger partial charge in [0.15, 0.2) is 0 Å². The van der Waals surface area contributed by atoms with Gasteiger partial charge in [-0.05, 0) is 23.8 Å². The molecule has 116 valence electrons. The number of nitrogens with one attached hydrogen (secondary N) is 1. The molecule has 0 saturated carbocycles. The van der Waals surface area contributed by atoms with Crippen molar-refractivity contribution < 1.29 is 27.8 Å². The van der Waals surface area contributed by atoms with Crippen LogP contribution in [0.1, 0.15) is 16.1 Å². The largest absolute Gasteiger partial charge is 0.573 e. The lowest BCUT2D eigenvalue weighted by Crippen LogP contribution is -2.17. The normalized spacial score (nSPS) is 11.1. The topological polar surface area (TPSA) is 71.5 Å². The van der Waals surface area contributed by atoms with Gasteiger partial charge in [-0.15, -0.1) is 13.2 Å². The van der Waals surface area contributed by atoms with E-state index in [9.17, 15) is 18.0 Å². The summed E-state index contributed by atoms with van der Waals surface area (Å²) < 4.78 is 40.2. The summed E-state index contributed by atoms with van der Waals surface area (Å²) in [6.45, 7) is -0.203. The minimum atomic E-state index is -4.80. The maximum Gasteiger partial charge on any atom is 0.573 e. The van der Waals surface area contributed by atoms with Crippen molar-refractivity contribution in [1.82, 2.24) is 4.98 Å². The van der Waals surface area contributed by atoms with Crippen molar-refractivity contribution in [1.29, 1.82) is 0 Å². The number of carbonyl (C=O) groups excluding carboxylic acids is 1. The van der Waals surface area contributed by atoms with Gasteiger partial charge in [0.05, 0.1) is 6.61 Å². The van der Waals surface area contributed by atoms with Crippen LogP contribution in [0.25, 0.3) is 0 Å². The number of alkyl halides is 3. The molecule has 0 bridgehead atoms. The first-order valence-corrected chi connectivity index (χ1v) is 6.10. The van der Waals surface area contributed by atoms with E-state index < -0.39 is 18.0 Å². The van der Waals surface area contributed by atoms with Crippen LogP contribution in [0.2, 0.25) is 0 Å². The summed E-state index contributed by atoms with van der Waals surface area (Å²) in [7, 11) is 0. The number of ether oxygens (including phenoxy) is 1. The van der Waals surface area contributed by atoms with Crippen molar-refractivity contribution >= 4 is 11.6 Å². The highest BCUT2D eigenvalue weighted by atomic mass is 19.4. The molecule has 5 nitrogen and oxygen atoms in total. The zero-order valence-electron chi connectivity index (χ0n) is 11.1. The van der Waals surface area contributed by atoms with Crippen LogP contribution in [0.5, 0.6) is 5.75 Å². The van der Waals surface area contributed by atoms with Gasteiger partial charge < -0.3 is 15.2 Å². The van der Waals surface area contributed by atoms with Gasteiger partial charge in [0.1, 0.15) is 11.4 Å². The molecule has 2 aromatic rings. The highest BCUT2D eigenvalue weighted by Crippen LogP contribution is 2.25. The summed E-state index contributed by atoms with van der Waals surface area (Å²) in [6.07, 6.45) is -3.47. The monoisotopic (exact) mass is 312 g/mol. The van der Waals surface area contributed by atoms with E-state index in [0.29, 0.717) is 5.56 Å². The van der Waals surface area contributed by atoms with Crippen LogP contribution in [0.4, 0.5) is 18.9 Å². The molecule has 0 radical (unpaired) electrons. The third-order valence-electron chi connectivity index (χ3n) is 2.57. The van der Waals surface area contributed by atoms with Gasteiger partial charge in [-0.1, -0.05) is 12.1 Å². The Kier molecular flexibility index (Phi) is 4.62. The number of carbonyl (C=O) groups is 1. The summed E-state index contributed by atoms with van der Waals surface area (Å²) in [5, 5.41) is 11.3. The Morgan fingerprint density at radius 1 is 1.27 bits per heavy atom.